The predicted octanol–water partition coefficient (Wildman–Crippen LogP) is 2.00. The Morgan fingerprint density at radius 3 is 2.77 bits per heavy atom. The summed E-state index contributed by atoms with van der Waals surface area (Å²) in [7, 11) is 1.73. The number of anilines is 1. The highest BCUT2D eigenvalue weighted by Crippen LogP contribution is 2.36. The molecule has 9 nitrogen and oxygen atoms in total. The van der Waals surface area contributed by atoms with Gasteiger partial charge in [-0.25, -0.2) is 9.97 Å². The van der Waals surface area contributed by atoms with Gasteiger partial charge in [0.05, 0.1) is 22.8 Å². The summed E-state index contributed by atoms with van der Waals surface area (Å²) in [5.74, 6) is 0.0503. The van der Waals surface area contributed by atoms with Gasteiger partial charge in [-0.15, -0.1) is 5.10 Å². The summed E-state index contributed by atoms with van der Waals surface area (Å²) >= 11 is 0. The van der Waals surface area contributed by atoms with E-state index in [2.05, 4.69) is 30.8 Å². The van der Waals surface area contributed by atoms with Crippen LogP contribution in [0.4, 0.5) is 19.1 Å². The molecule has 0 aliphatic carbocycles. The lowest BCUT2D eigenvalue weighted by atomic mass is 10.1. The van der Waals surface area contributed by atoms with Gasteiger partial charge in [0.2, 0.25) is 11.9 Å². The van der Waals surface area contributed by atoms with Crippen LogP contribution < -0.4 is 10.6 Å². The third-order valence-corrected chi connectivity index (χ3v) is 4.92. The first-order valence-corrected chi connectivity index (χ1v) is 9.11. The van der Waals surface area contributed by atoms with Crippen molar-refractivity contribution in [2.75, 3.05) is 11.9 Å². The van der Waals surface area contributed by atoms with E-state index in [4.69, 9.17) is 0 Å². The average Bonchev–Trinajstić information content (AvgIpc) is 3.41. The molecule has 4 aromatic rings. The Morgan fingerprint density at radius 2 is 2.10 bits per heavy atom. The minimum Gasteiger partial charge on any atom is -0.354 e. The second kappa shape index (κ2) is 6.40. The normalized spacial score (nSPS) is 17.1. The van der Waals surface area contributed by atoms with Crippen molar-refractivity contribution in [2.45, 2.75) is 18.6 Å². The highest BCUT2D eigenvalue weighted by Gasteiger charge is 2.34. The SMILES string of the molecule is Cn1cc(-c2nc3c4cccc(C(F)(F)F)c4nc(N[C@@H]4CCNC4=O)n3n2)cn1. The van der Waals surface area contributed by atoms with Crippen molar-refractivity contribution >= 4 is 28.4 Å². The maximum atomic E-state index is 13.6. The lowest BCUT2D eigenvalue weighted by Crippen LogP contribution is -2.30. The van der Waals surface area contributed by atoms with Gasteiger partial charge in [0, 0.05) is 25.2 Å². The molecule has 0 saturated carbocycles. The van der Waals surface area contributed by atoms with E-state index in [1.807, 2.05) is 0 Å². The minimum atomic E-state index is -4.60. The van der Waals surface area contributed by atoms with Gasteiger partial charge < -0.3 is 10.6 Å². The molecular weight excluding hydrogens is 401 g/mol. The number of aryl methyl sites for hydroxylation is 1. The largest absolute Gasteiger partial charge is 0.418 e. The minimum absolute atomic E-state index is 0.0129. The van der Waals surface area contributed by atoms with Crippen molar-refractivity contribution in [3.63, 3.8) is 0 Å². The van der Waals surface area contributed by atoms with Gasteiger partial charge in [0.25, 0.3) is 0 Å². The molecule has 1 aliphatic rings. The van der Waals surface area contributed by atoms with E-state index in [1.165, 1.54) is 16.6 Å². The van der Waals surface area contributed by atoms with E-state index in [9.17, 15) is 18.0 Å². The van der Waals surface area contributed by atoms with Crippen molar-refractivity contribution in [3.8, 4) is 11.4 Å². The maximum absolute atomic E-state index is 13.6. The molecule has 4 heterocycles. The molecule has 5 rings (SSSR count). The van der Waals surface area contributed by atoms with Crippen molar-refractivity contribution in [1.82, 2.24) is 34.7 Å². The van der Waals surface area contributed by atoms with Crippen molar-refractivity contribution < 1.29 is 18.0 Å². The monoisotopic (exact) mass is 416 g/mol. The van der Waals surface area contributed by atoms with Gasteiger partial charge in [-0.3, -0.25) is 9.48 Å². The zero-order chi connectivity index (χ0) is 21.0. The third kappa shape index (κ3) is 2.91. The number of para-hydroxylation sites is 1. The molecule has 30 heavy (non-hydrogen) atoms. The Labute approximate surface area is 166 Å². The number of nitrogens with one attached hydrogen (secondary N) is 2. The van der Waals surface area contributed by atoms with Crippen molar-refractivity contribution in [2.24, 2.45) is 7.05 Å². The molecule has 0 spiro atoms. The summed E-state index contributed by atoms with van der Waals surface area (Å²) in [6.45, 7) is 0.472. The summed E-state index contributed by atoms with van der Waals surface area (Å²) in [6.07, 6.45) is -0.865. The first kappa shape index (κ1) is 18.3. The van der Waals surface area contributed by atoms with Crippen LogP contribution in [0.2, 0.25) is 0 Å². The highest BCUT2D eigenvalue weighted by molar-refractivity contribution is 5.95. The quantitative estimate of drug-likeness (QED) is 0.530. The van der Waals surface area contributed by atoms with Crippen LogP contribution in [-0.2, 0) is 18.0 Å². The smallest absolute Gasteiger partial charge is 0.354 e. The summed E-state index contributed by atoms with van der Waals surface area (Å²) in [5, 5.41) is 14.3. The molecule has 3 aromatic heterocycles. The first-order valence-electron chi connectivity index (χ1n) is 9.11. The van der Waals surface area contributed by atoms with Crippen LogP contribution in [0.1, 0.15) is 12.0 Å². The molecule has 154 valence electrons. The third-order valence-electron chi connectivity index (χ3n) is 4.92. The van der Waals surface area contributed by atoms with E-state index in [0.717, 1.165) is 6.07 Å². The number of halogens is 3. The number of alkyl halides is 3. The zero-order valence-corrected chi connectivity index (χ0v) is 15.6. The van der Waals surface area contributed by atoms with Crippen LogP contribution in [0.25, 0.3) is 27.9 Å². The fourth-order valence-corrected chi connectivity index (χ4v) is 3.50. The van der Waals surface area contributed by atoms with Gasteiger partial charge in [0.1, 0.15) is 6.04 Å². The number of fused-ring (bicyclic) bond motifs is 3. The summed E-state index contributed by atoms with van der Waals surface area (Å²) < 4.78 is 43.7. The summed E-state index contributed by atoms with van der Waals surface area (Å²) in [4.78, 5) is 20.7. The number of hydrogen-bond donors (Lipinski definition) is 2. The molecule has 1 saturated heterocycles. The van der Waals surface area contributed by atoms with Crippen molar-refractivity contribution in [1.29, 1.82) is 0 Å². The number of hydrogen-bond acceptors (Lipinski definition) is 6. The lowest BCUT2D eigenvalue weighted by molar-refractivity contribution is -0.136. The number of rotatable bonds is 3. The predicted molar refractivity (Wildman–Crippen MR) is 101 cm³/mol. The Kier molecular flexibility index (Phi) is 3.91. The fraction of sp³-hybridized carbons (Fsp3) is 0.278. The number of amides is 1. The van der Waals surface area contributed by atoms with Gasteiger partial charge in [0.15, 0.2) is 11.5 Å². The van der Waals surface area contributed by atoms with Crippen LogP contribution in [-0.4, -0.2) is 47.9 Å². The molecule has 1 atom stereocenters. The second-order valence-electron chi connectivity index (χ2n) is 6.99. The second-order valence-corrected chi connectivity index (χ2v) is 6.99. The number of aromatic nitrogens is 6. The molecule has 1 fully saturated rings. The van der Waals surface area contributed by atoms with Gasteiger partial charge >= 0.3 is 6.18 Å². The van der Waals surface area contributed by atoms with Crippen LogP contribution >= 0.6 is 0 Å². The Bertz CT molecular complexity index is 1290. The Balaban J connectivity index is 1.78. The highest BCUT2D eigenvalue weighted by atomic mass is 19.4. The number of carbonyl (C=O) groups is 1. The van der Waals surface area contributed by atoms with Crippen LogP contribution in [0.3, 0.4) is 0 Å². The molecular formula is C18H15F3N8O. The summed E-state index contributed by atoms with van der Waals surface area (Å²) in [6, 6.07) is 3.17. The molecule has 1 aromatic carbocycles. The number of carbonyl (C=O) groups excluding carboxylic acids is 1. The molecule has 1 aliphatic heterocycles. The molecule has 12 heteroatoms. The summed E-state index contributed by atoms with van der Waals surface area (Å²) in [5.41, 5.74) is -0.340. The standard InChI is InChI=1S/C18H15F3N8O/c1-28-8-9(7-23-28)14-26-15-10-3-2-4-11(18(19,20)21)13(10)25-17(29(15)27-14)24-12-5-6-22-16(12)30/h2-4,7-8,12H,5-6H2,1H3,(H,22,30)(H,24,25)/t12-/m1/s1. The zero-order valence-electron chi connectivity index (χ0n) is 15.6. The molecule has 0 bridgehead atoms. The van der Waals surface area contributed by atoms with Crippen molar-refractivity contribution in [3.05, 3.63) is 36.2 Å². The fourth-order valence-electron chi connectivity index (χ4n) is 3.50. The van der Waals surface area contributed by atoms with Crippen LogP contribution in [0.15, 0.2) is 30.6 Å². The van der Waals surface area contributed by atoms with Gasteiger partial charge in [-0.05, 0) is 18.6 Å². The lowest BCUT2D eigenvalue weighted by Gasteiger charge is -2.15. The molecule has 1 amide bonds. The molecule has 0 unspecified atom stereocenters. The van der Waals surface area contributed by atoms with E-state index in [0.29, 0.717) is 18.5 Å². The molecule has 2 N–H and O–H groups in total. The first-order chi connectivity index (χ1) is 14.3. The van der Waals surface area contributed by atoms with E-state index in [1.54, 1.807) is 24.1 Å². The van der Waals surface area contributed by atoms with Crippen LogP contribution in [0, 0.1) is 0 Å². The van der Waals surface area contributed by atoms with E-state index >= 15 is 0 Å². The Morgan fingerprint density at radius 1 is 1.27 bits per heavy atom. The van der Waals surface area contributed by atoms with E-state index < -0.39 is 17.8 Å². The number of benzene rings is 1. The Hall–Kier alpha value is -3.70. The topological polar surface area (TPSA) is 102 Å². The maximum Gasteiger partial charge on any atom is 0.418 e. The molecule has 0 radical (unpaired) electrons. The van der Waals surface area contributed by atoms with Crippen LogP contribution in [0.5, 0.6) is 0 Å². The van der Waals surface area contributed by atoms with Gasteiger partial charge in [-0.1, -0.05) is 6.07 Å². The van der Waals surface area contributed by atoms with Gasteiger partial charge in [-0.2, -0.15) is 22.8 Å². The average molecular weight is 416 g/mol. The van der Waals surface area contributed by atoms with E-state index in [-0.39, 0.29) is 34.2 Å². The number of nitrogens with zero attached hydrogens (tertiary/aromatic N) is 6.